The van der Waals surface area contributed by atoms with Gasteiger partial charge in [-0.1, -0.05) is 6.07 Å². The number of fused-ring (bicyclic) bond motifs is 1. The summed E-state index contributed by atoms with van der Waals surface area (Å²) >= 11 is 0. The quantitative estimate of drug-likeness (QED) is 0.696. The number of benzene rings is 1. The summed E-state index contributed by atoms with van der Waals surface area (Å²) in [5.41, 5.74) is 1.08. The Morgan fingerprint density at radius 1 is 1.20 bits per heavy atom. The van der Waals surface area contributed by atoms with Crippen molar-refractivity contribution in [2.45, 2.75) is 12.5 Å². The maximum absolute atomic E-state index is 10.8. The summed E-state index contributed by atoms with van der Waals surface area (Å²) in [5, 5.41) is 2.83. The van der Waals surface area contributed by atoms with Crippen molar-refractivity contribution in [2.75, 3.05) is 13.2 Å². The van der Waals surface area contributed by atoms with Crippen LogP contribution >= 0.6 is 0 Å². The lowest BCUT2D eigenvalue weighted by Gasteiger charge is -2.28. The maximum Gasteiger partial charge on any atom is 0.222 e. The molecule has 1 amide bonds. The Hall–Kier alpha value is -1.71. The number of ether oxygens (including phenoxy) is 2. The van der Waals surface area contributed by atoms with Crippen molar-refractivity contribution in [3.8, 4) is 11.5 Å². The van der Waals surface area contributed by atoms with Crippen molar-refractivity contribution in [1.29, 1.82) is 0 Å². The first-order valence-corrected chi connectivity index (χ1v) is 5.02. The first-order valence-electron chi connectivity index (χ1n) is 5.02. The van der Waals surface area contributed by atoms with Crippen LogP contribution in [0.5, 0.6) is 11.5 Å². The van der Waals surface area contributed by atoms with E-state index in [0.29, 0.717) is 19.6 Å². The Balaban J connectivity index is 1.87. The molecule has 4 heteroatoms. The summed E-state index contributed by atoms with van der Waals surface area (Å²) in [4.78, 5) is 10.8. The molecule has 2 heterocycles. The molecule has 0 spiro atoms. The van der Waals surface area contributed by atoms with E-state index in [1.807, 2.05) is 18.2 Å². The average Bonchev–Trinajstić information content (AvgIpc) is 2.24. The molecule has 0 bridgehead atoms. The first-order chi connectivity index (χ1) is 7.33. The smallest absolute Gasteiger partial charge is 0.222 e. The summed E-state index contributed by atoms with van der Waals surface area (Å²) in [6.45, 7) is 1.19. The topological polar surface area (TPSA) is 47.6 Å². The highest BCUT2D eigenvalue weighted by Gasteiger charge is 2.27. The van der Waals surface area contributed by atoms with Gasteiger partial charge in [-0.25, -0.2) is 0 Å². The van der Waals surface area contributed by atoms with Gasteiger partial charge in [-0.05, 0) is 17.7 Å². The minimum atomic E-state index is 0.106. The molecule has 1 atom stereocenters. The van der Waals surface area contributed by atoms with Crippen LogP contribution in [0.25, 0.3) is 0 Å². The molecule has 0 aromatic heterocycles. The van der Waals surface area contributed by atoms with E-state index in [1.165, 1.54) is 0 Å². The molecular weight excluding hydrogens is 194 g/mol. The molecule has 2 aliphatic rings. The lowest BCUT2D eigenvalue weighted by atomic mass is 9.97. The second kappa shape index (κ2) is 3.15. The van der Waals surface area contributed by atoms with E-state index in [4.69, 9.17) is 9.47 Å². The third-order valence-corrected chi connectivity index (χ3v) is 2.69. The average molecular weight is 205 g/mol. The number of hydrogen-bond acceptors (Lipinski definition) is 3. The Labute approximate surface area is 87.2 Å². The fourth-order valence-corrected chi connectivity index (χ4v) is 1.84. The third-order valence-electron chi connectivity index (χ3n) is 2.69. The number of nitrogens with one attached hydrogen (secondary N) is 1. The van der Waals surface area contributed by atoms with Crippen LogP contribution in [0.4, 0.5) is 0 Å². The standard InChI is InChI=1S/C11H11NO3/c13-11-6-8(12-11)7-1-2-9-10(5-7)15-4-3-14-9/h1-2,5,8H,3-4,6H2,(H,12,13). The van der Waals surface area contributed by atoms with Crippen molar-refractivity contribution in [2.24, 2.45) is 0 Å². The van der Waals surface area contributed by atoms with Crippen LogP contribution in [-0.2, 0) is 4.79 Å². The van der Waals surface area contributed by atoms with Gasteiger partial charge in [-0.15, -0.1) is 0 Å². The zero-order valence-corrected chi connectivity index (χ0v) is 8.16. The molecule has 1 fully saturated rings. The number of β-lactam (4-membered cyclic amide) rings is 1. The summed E-state index contributed by atoms with van der Waals surface area (Å²) in [6, 6.07) is 5.96. The molecular formula is C11H11NO3. The number of rotatable bonds is 1. The van der Waals surface area contributed by atoms with Gasteiger partial charge >= 0.3 is 0 Å². The van der Waals surface area contributed by atoms with Gasteiger partial charge in [-0.3, -0.25) is 4.79 Å². The predicted octanol–water partition coefficient (Wildman–Crippen LogP) is 1.02. The van der Waals surface area contributed by atoms with Crippen molar-refractivity contribution < 1.29 is 14.3 Å². The minimum Gasteiger partial charge on any atom is -0.486 e. The van der Waals surface area contributed by atoms with Crippen LogP contribution in [0.2, 0.25) is 0 Å². The largest absolute Gasteiger partial charge is 0.486 e. The SMILES string of the molecule is O=C1CC(c2ccc3c(c2)OCCO3)N1. The van der Waals surface area contributed by atoms with E-state index >= 15 is 0 Å². The normalized spacial score (nSPS) is 22.9. The number of amides is 1. The van der Waals surface area contributed by atoms with Crippen LogP contribution in [-0.4, -0.2) is 19.1 Å². The molecule has 2 aliphatic heterocycles. The molecule has 0 radical (unpaired) electrons. The highest BCUT2D eigenvalue weighted by atomic mass is 16.6. The van der Waals surface area contributed by atoms with Gasteiger partial charge < -0.3 is 14.8 Å². The van der Waals surface area contributed by atoms with Gasteiger partial charge in [0.2, 0.25) is 5.91 Å². The lowest BCUT2D eigenvalue weighted by molar-refractivity contribution is -0.128. The molecule has 0 saturated carbocycles. The lowest BCUT2D eigenvalue weighted by Crippen LogP contribution is -2.41. The Morgan fingerprint density at radius 3 is 2.67 bits per heavy atom. The van der Waals surface area contributed by atoms with Gasteiger partial charge in [-0.2, -0.15) is 0 Å². The Kier molecular flexibility index (Phi) is 1.80. The molecule has 1 aromatic carbocycles. The second-order valence-corrected chi connectivity index (χ2v) is 3.73. The molecule has 1 aromatic rings. The highest BCUT2D eigenvalue weighted by molar-refractivity contribution is 5.83. The first kappa shape index (κ1) is 8.59. The minimum absolute atomic E-state index is 0.106. The van der Waals surface area contributed by atoms with Gasteiger partial charge in [0.25, 0.3) is 0 Å². The third kappa shape index (κ3) is 1.42. The maximum atomic E-state index is 10.8. The van der Waals surface area contributed by atoms with Crippen LogP contribution in [0, 0.1) is 0 Å². The monoisotopic (exact) mass is 205 g/mol. The molecule has 3 rings (SSSR count). The zero-order valence-electron chi connectivity index (χ0n) is 8.16. The fourth-order valence-electron chi connectivity index (χ4n) is 1.84. The number of carbonyl (C=O) groups is 1. The van der Waals surface area contributed by atoms with Crippen LogP contribution in [0.3, 0.4) is 0 Å². The van der Waals surface area contributed by atoms with Crippen molar-refractivity contribution >= 4 is 5.91 Å². The predicted molar refractivity (Wildman–Crippen MR) is 52.9 cm³/mol. The number of hydrogen-bond donors (Lipinski definition) is 1. The van der Waals surface area contributed by atoms with E-state index in [0.717, 1.165) is 17.1 Å². The van der Waals surface area contributed by atoms with Crippen LogP contribution in [0.15, 0.2) is 18.2 Å². The summed E-state index contributed by atoms with van der Waals surface area (Å²) in [6.07, 6.45) is 0.569. The van der Waals surface area contributed by atoms with Crippen LogP contribution in [0.1, 0.15) is 18.0 Å². The summed E-state index contributed by atoms with van der Waals surface area (Å²) < 4.78 is 10.9. The van der Waals surface area contributed by atoms with Gasteiger partial charge in [0, 0.05) is 0 Å². The highest BCUT2D eigenvalue weighted by Crippen LogP contribution is 2.34. The van der Waals surface area contributed by atoms with E-state index in [-0.39, 0.29) is 11.9 Å². The zero-order chi connectivity index (χ0) is 10.3. The fraction of sp³-hybridized carbons (Fsp3) is 0.364. The van der Waals surface area contributed by atoms with Gasteiger partial charge in [0.15, 0.2) is 11.5 Å². The second-order valence-electron chi connectivity index (χ2n) is 3.73. The molecule has 15 heavy (non-hydrogen) atoms. The molecule has 78 valence electrons. The van der Waals surface area contributed by atoms with E-state index in [2.05, 4.69) is 5.32 Å². The van der Waals surface area contributed by atoms with E-state index < -0.39 is 0 Å². The van der Waals surface area contributed by atoms with Crippen molar-refractivity contribution in [3.05, 3.63) is 23.8 Å². The molecule has 1 saturated heterocycles. The van der Waals surface area contributed by atoms with Gasteiger partial charge in [0.1, 0.15) is 13.2 Å². The molecule has 1 N–H and O–H groups in total. The summed E-state index contributed by atoms with van der Waals surface area (Å²) in [7, 11) is 0. The Morgan fingerprint density at radius 2 is 1.93 bits per heavy atom. The molecule has 0 aliphatic carbocycles. The van der Waals surface area contributed by atoms with E-state index in [9.17, 15) is 4.79 Å². The van der Waals surface area contributed by atoms with Gasteiger partial charge in [0.05, 0.1) is 12.5 Å². The van der Waals surface area contributed by atoms with E-state index in [1.54, 1.807) is 0 Å². The molecule has 4 nitrogen and oxygen atoms in total. The van der Waals surface area contributed by atoms with Crippen molar-refractivity contribution in [1.82, 2.24) is 5.32 Å². The van der Waals surface area contributed by atoms with Crippen LogP contribution < -0.4 is 14.8 Å². The Bertz CT molecular complexity index is 408. The van der Waals surface area contributed by atoms with Crippen molar-refractivity contribution in [3.63, 3.8) is 0 Å². The number of carbonyl (C=O) groups excluding carboxylic acids is 1. The molecule has 1 unspecified atom stereocenters. The summed E-state index contributed by atoms with van der Waals surface area (Å²) in [5.74, 6) is 1.67.